The zero-order valence-corrected chi connectivity index (χ0v) is 13.2. The number of hydrogen-bond donors (Lipinski definition) is 3. The van der Waals surface area contributed by atoms with E-state index in [2.05, 4.69) is 20.4 Å². The summed E-state index contributed by atoms with van der Waals surface area (Å²) < 4.78 is 14.2. The molecule has 2 heterocycles. The van der Waals surface area contributed by atoms with Crippen LogP contribution in [0.4, 0.5) is 10.1 Å². The van der Waals surface area contributed by atoms with E-state index in [-0.39, 0.29) is 11.4 Å². The lowest BCUT2D eigenvalue weighted by Crippen LogP contribution is -2.17. The number of hydrogen-bond acceptors (Lipinski definition) is 5. The van der Waals surface area contributed by atoms with Crippen molar-refractivity contribution in [1.29, 1.82) is 0 Å². The molecule has 4 rings (SSSR count). The Morgan fingerprint density at radius 2 is 1.96 bits per heavy atom. The van der Waals surface area contributed by atoms with E-state index < -0.39 is 11.7 Å². The van der Waals surface area contributed by atoms with Crippen LogP contribution < -0.4 is 11.5 Å². The fourth-order valence-electron chi connectivity index (χ4n) is 2.98. The Hall–Kier alpha value is -3.55. The van der Waals surface area contributed by atoms with Gasteiger partial charge < -0.3 is 11.5 Å². The first kappa shape index (κ1) is 15.0. The number of anilines is 1. The van der Waals surface area contributed by atoms with Crippen molar-refractivity contribution in [3.8, 4) is 11.1 Å². The maximum Gasteiger partial charge on any atom is 0.271 e. The number of nitrogens with zero attached hydrogens (tertiary/aromatic N) is 3. The number of halogens is 1. The molecule has 0 atom stereocenters. The summed E-state index contributed by atoms with van der Waals surface area (Å²) in [6.45, 7) is 1.91. The number of nitrogens with one attached hydrogen (secondary N) is 1. The molecule has 25 heavy (non-hydrogen) atoms. The number of nitrogen functional groups attached to an aromatic ring is 1. The van der Waals surface area contributed by atoms with Gasteiger partial charge in [-0.1, -0.05) is 0 Å². The van der Waals surface area contributed by atoms with E-state index in [9.17, 15) is 9.18 Å². The number of fused-ring (bicyclic) bond motifs is 2. The predicted octanol–water partition coefficient (Wildman–Crippen LogP) is 2.30. The summed E-state index contributed by atoms with van der Waals surface area (Å²) >= 11 is 0. The van der Waals surface area contributed by atoms with Crippen molar-refractivity contribution in [1.82, 2.24) is 20.4 Å². The fraction of sp³-hybridized carbons (Fsp3) is 0.0588. The summed E-state index contributed by atoms with van der Waals surface area (Å²) in [4.78, 5) is 11.4. The summed E-state index contributed by atoms with van der Waals surface area (Å²) in [7, 11) is 0. The number of aromatic nitrogens is 4. The Kier molecular flexibility index (Phi) is 3.14. The summed E-state index contributed by atoms with van der Waals surface area (Å²) in [6.07, 6.45) is 1.72. The number of H-pyrrole nitrogens is 1. The molecule has 1 amide bonds. The molecule has 0 unspecified atom stereocenters. The second-order valence-electron chi connectivity index (χ2n) is 5.80. The standard InChI is InChI=1S/C17H13FN6O/c1-7-2-8-6-21-22-13(8)5-10(7)11-3-9(18)4-12-14(19)16(17(20)25)24-23-15(11)12/h2-6H,1H3,(H2,19,23)(H2,20,25)(H,21,22). The molecule has 0 saturated carbocycles. The highest BCUT2D eigenvalue weighted by Crippen LogP contribution is 2.35. The summed E-state index contributed by atoms with van der Waals surface area (Å²) in [5.74, 6) is -1.31. The Bertz CT molecular complexity index is 1170. The largest absolute Gasteiger partial charge is 0.396 e. The number of carbonyl (C=O) groups excluding carboxylic acids is 1. The van der Waals surface area contributed by atoms with E-state index in [1.165, 1.54) is 12.1 Å². The molecule has 0 aliphatic carbocycles. The third-order valence-electron chi connectivity index (χ3n) is 4.18. The van der Waals surface area contributed by atoms with Gasteiger partial charge in [0.2, 0.25) is 0 Å². The fourth-order valence-corrected chi connectivity index (χ4v) is 2.98. The van der Waals surface area contributed by atoms with Gasteiger partial charge in [-0.15, -0.1) is 10.2 Å². The second-order valence-corrected chi connectivity index (χ2v) is 5.80. The topological polar surface area (TPSA) is 124 Å². The van der Waals surface area contributed by atoms with Crippen molar-refractivity contribution < 1.29 is 9.18 Å². The summed E-state index contributed by atoms with van der Waals surface area (Å²) in [5.41, 5.74) is 14.5. The molecule has 5 N–H and O–H groups in total. The molecule has 8 heteroatoms. The number of aromatic amines is 1. The van der Waals surface area contributed by atoms with E-state index >= 15 is 0 Å². The molecule has 124 valence electrons. The molecular formula is C17H13FN6O. The molecule has 0 aliphatic heterocycles. The molecule has 2 aromatic carbocycles. The Labute approximate surface area is 140 Å². The number of carbonyl (C=O) groups is 1. The third-order valence-corrected chi connectivity index (χ3v) is 4.18. The first-order valence-electron chi connectivity index (χ1n) is 7.45. The van der Waals surface area contributed by atoms with Gasteiger partial charge in [-0.25, -0.2) is 4.39 Å². The lowest BCUT2D eigenvalue weighted by molar-refractivity contribution is 0.0996. The van der Waals surface area contributed by atoms with Crippen molar-refractivity contribution in [3.05, 3.63) is 47.5 Å². The van der Waals surface area contributed by atoms with E-state index in [0.29, 0.717) is 16.5 Å². The average molecular weight is 336 g/mol. The molecule has 7 nitrogen and oxygen atoms in total. The first-order chi connectivity index (χ1) is 12.0. The Morgan fingerprint density at radius 3 is 2.72 bits per heavy atom. The Morgan fingerprint density at radius 1 is 1.16 bits per heavy atom. The number of aryl methyl sites for hydroxylation is 1. The van der Waals surface area contributed by atoms with Crippen LogP contribution >= 0.6 is 0 Å². The van der Waals surface area contributed by atoms with Crippen LogP contribution in [-0.4, -0.2) is 26.3 Å². The smallest absolute Gasteiger partial charge is 0.271 e. The minimum Gasteiger partial charge on any atom is -0.396 e. The maximum atomic E-state index is 14.2. The van der Waals surface area contributed by atoms with Crippen LogP contribution in [0.1, 0.15) is 16.1 Å². The zero-order chi connectivity index (χ0) is 17.7. The molecule has 2 aromatic heterocycles. The van der Waals surface area contributed by atoms with Crippen molar-refractivity contribution in [2.24, 2.45) is 5.73 Å². The van der Waals surface area contributed by atoms with Gasteiger partial charge in [-0.3, -0.25) is 9.89 Å². The lowest BCUT2D eigenvalue weighted by atomic mass is 9.96. The molecular weight excluding hydrogens is 323 g/mol. The van der Waals surface area contributed by atoms with Crippen LogP contribution in [0.5, 0.6) is 0 Å². The van der Waals surface area contributed by atoms with Gasteiger partial charge >= 0.3 is 0 Å². The van der Waals surface area contributed by atoms with Gasteiger partial charge in [0.25, 0.3) is 5.91 Å². The number of rotatable bonds is 2. The SMILES string of the molecule is Cc1cc2cn[nH]c2cc1-c1cc(F)cc2c(N)c(C(N)=O)nnc12. The van der Waals surface area contributed by atoms with Crippen molar-refractivity contribution in [3.63, 3.8) is 0 Å². The van der Waals surface area contributed by atoms with Gasteiger partial charge in [-0.2, -0.15) is 5.10 Å². The van der Waals surface area contributed by atoms with Crippen LogP contribution in [0.15, 0.2) is 30.5 Å². The quantitative estimate of drug-likeness (QED) is 0.518. The maximum absolute atomic E-state index is 14.2. The molecule has 0 spiro atoms. The minimum atomic E-state index is -0.812. The van der Waals surface area contributed by atoms with Crippen molar-refractivity contribution in [2.45, 2.75) is 6.92 Å². The van der Waals surface area contributed by atoms with Gasteiger partial charge in [0.1, 0.15) is 11.3 Å². The van der Waals surface area contributed by atoms with Gasteiger partial charge in [-0.05, 0) is 42.3 Å². The van der Waals surface area contributed by atoms with E-state index in [1.54, 1.807) is 6.20 Å². The highest BCUT2D eigenvalue weighted by Gasteiger charge is 2.18. The van der Waals surface area contributed by atoms with Gasteiger partial charge in [0, 0.05) is 16.3 Å². The van der Waals surface area contributed by atoms with E-state index in [0.717, 1.165) is 22.0 Å². The third kappa shape index (κ3) is 2.26. The number of benzene rings is 2. The molecule has 0 aliphatic rings. The van der Waals surface area contributed by atoms with Crippen molar-refractivity contribution in [2.75, 3.05) is 5.73 Å². The van der Waals surface area contributed by atoms with Crippen LogP contribution in [0.3, 0.4) is 0 Å². The average Bonchev–Trinajstić information content (AvgIpc) is 3.01. The molecule has 0 saturated heterocycles. The normalized spacial score (nSPS) is 11.3. The van der Waals surface area contributed by atoms with E-state index in [4.69, 9.17) is 11.5 Å². The van der Waals surface area contributed by atoms with Gasteiger partial charge in [0.15, 0.2) is 5.69 Å². The zero-order valence-electron chi connectivity index (χ0n) is 13.2. The van der Waals surface area contributed by atoms with Crippen LogP contribution in [0.2, 0.25) is 0 Å². The molecule has 0 fully saturated rings. The minimum absolute atomic E-state index is 0.0125. The molecule has 0 radical (unpaired) electrons. The number of primary amides is 1. The van der Waals surface area contributed by atoms with Gasteiger partial charge in [0.05, 0.1) is 17.4 Å². The predicted molar refractivity (Wildman–Crippen MR) is 92.3 cm³/mol. The number of nitrogens with two attached hydrogens (primary N) is 2. The number of amides is 1. The monoisotopic (exact) mass is 336 g/mol. The highest BCUT2D eigenvalue weighted by molar-refractivity contribution is 6.07. The van der Waals surface area contributed by atoms with Crippen molar-refractivity contribution >= 4 is 33.4 Å². The van der Waals surface area contributed by atoms with Crippen LogP contribution in [0, 0.1) is 12.7 Å². The summed E-state index contributed by atoms with van der Waals surface area (Å²) in [5, 5.41) is 16.0. The second kappa shape index (κ2) is 5.23. The highest BCUT2D eigenvalue weighted by atomic mass is 19.1. The van der Waals surface area contributed by atoms with Crippen LogP contribution in [-0.2, 0) is 0 Å². The molecule has 4 aromatic rings. The lowest BCUT2D eigenvalue weighted by Gasteiger charge is -2.12. The van der Waals surface area contributed by atoms with E-state index in [1.807, 2.05) is 19.1 Å². The van der Waals surface area contributed by atoms with Crippen LogP contribution in [0.25, 0.3) is 32.9 Å². The summed E-state index contributed by atoms with van der Waals surface area (Å²) in [6, 6.07) is 6.40. The Balaban J connectivity index is 2.08. The molecule has 0 bridgehead atoms. The first-order valence-corrected chi connectivity index (χ1v) is 7.45.